The molecule has 1 aliphatic heterocycles. The molecule has 1 aliphatic rings. The average Bonchev–Trinajstić information content (AvgIpc) is 3.03. The van der Waals surface area contributed by atoms with Crippen molar-refractivity contribution in [3.63, 3.8) is 0 Å². The van der Waals surface area contributed by atoms with Crippen LogP contribution in [0.1, 0.15) is 35.3 Å². The summed E-state index contributed by atoms with van der Waals surface area (Å²) >= 11 is 0. The number of nitrogens with zero attached hydrogens (tertiary/aromatic N) is 4. The summed E-state index contributed by atoms with van der Waals surface area (Å²) in [7, 11) is -3.53. The SMILES string of the molecule is CS(=O)(=O)c1ccc(-n2nc(C(F)(F)F)c(C(N)=O)c2N2CCCCC2)nc1. The number of primary amides is 1. The van der Waals surface area contributed by atoms with Crippen LogP contribution in [0.2, 0.25) is 0 Å². The van der Waals surface area contributed by atoms with E-state index in [-0.39, 0.29) is 16.5 Å². The summed E-state index contributed by atoms with van der Waals surface area (Å²) in [5.41, 5.74) is 3.16. The van der Waals surface area contributed by atoms with Gasteiger partial charge >= 0.3 is 6.18 Å². The minimum atomic E-state index is -4.90. The zero-order valence-electron chi connectivity index (χ0n) is 14.9. The Kier molecular flexibility index (Phi) is 5.08. The van der Waals surface area contributed by atoms with Crippen molar-refractivity contribution in [2.45, 2.75) is 30.3 Å². The molecule has 8 nitrogen and oxygen atoms in total. The molecule has 1 saturated heterocycles. The molecule has 28 heavy (non-hydrogen) atoms. The molecule has 1 fully saturated rings. The Labute approximate surface area is 159 Å². The highest BCUT2D eigenvalue weighted by molar-refractivity contribution is 7.90. The predicted octanol–water partition coefficient (Wildman–Crippen LogP) is 1.78. The summed E-state index contributed by atoms with van der Waals surface area (Å²) in [4.78, 5) is 17.4. The molecule has 152 valence electrons. The number of carbonyl (C=O) groups is 1. The first kappa shape index (κ1) is 20.1. The number of amides is 1. The van der Waals surface area contributed by atoms with Gasteiger partial charge in [0.2, 0.25) is 0 Å². The van der Waals surface area contributed by atoms with Crippen LogP contribution >= 0.6 is 0 Å². The van der Waals surface area contributed by atoms with Gasteiger partial charge in [-0.1, -0.05) is 0 Å². The number of hydrogen-bond acceptors (Lipinski definition) is 6. The first-order valence-electron chi connectivity index (χ1n) is 8.41. The molecule has 0 aromatic carbocycles. The van der Waals surface area contributed by atoms with Gasteiger partial charge in [-0.3, -0.25) is 4.79 Å². The number of carbonyl (C=O) groups excluding carboxylic acids is 1. The van der Waals surface area contributed by atoms with E-state index in [0.29, 0.717) is 13.1 Å². The minimum Gasteiger partial charge on any atom is -0.365 e. The van der Waals surface area contributed by atoms with Gasteiger partial charge in [-0.2, -0.15) is 23.0 Å². The van der Waals surface area contributed by atoms with Gasteiger partial charge in [0.05, 0.1) is 4.90 Å². The number of aromatic nitrogens is 3. The Hall–Kier alpha value is -2.63. The zero-order chi connectivity index (χ0) is 20.7. The van der Waals surface area contributed by atoms with Crippen molar-refractivity contribution in [3.05, 3.63) is 29.6 Å². The number of hydrogen-bond donors (Lipinski definition) is 1. The van der Waals surface area contributed by atoms with Crippen LogP contribution in [0.3, 0.4) is 0 Å². The Balaban J connectivity index is 2.23. The fourth-order valence-electron chi connectivity index (χ4n) is 3.11. The van der Waals surface area contributed by atoms with E-state index in [1.165, 1.54) is 12.1 Å². The van der Waals surface area contributed by atoms with Crippen LogP contribution in [0, 0.1) is 0 Å². The number of nitrogens with two attached hydrogens (primary N) is 1. The van der Waals surface area contributed by atoms with Crippen LogP contribution in [-0.2, 0) is 16.0 Å². The molecule has 3 rings (SSSR count). The summed E-state index contributed by atoms with van der Waals surface area (Å²) in [6.45, 7) is 0.870. The lowest BCUT2D eigenvalue weighted by molar-refractivity contribution is -0.141. The highest BCUT2D eigenvalue weighted by atomic mass is 32.2. The third-order valence-electron chi connectivity index (χ3n) is 4.40. The second-order valence-electron chi connectivity index (χ2n) is 6.49. The van der Waals surface area contributed by atoms with E-state index in [4.69, 9.17) is 5.73 Å². The standard InChI is InChI=1S/C16H18F3N5O3S/c1-28(26,27)10-5-6-11(21-9-10)24-15(23-7-3-2-4-8-23)12(14(20)25)13(22-24)16(17,18)19/h5-6,9H,2-4,7-8H2,1H3,(H2,20,25). The Morgan fingerprint density at radius 1 is 1.18 bits per heavy atom. The van der Waals surface area contributed by atoms with E-state index in [1.807, 2.05) is 0 Å². The highest BCUT2D eigenvalue weighted by Crippen LogP contribution is 2.37. The molecule has 0 spiro atoms. The first-order chi connectivity index (χ1) is 13.0. The van der Waals surface area contributed by atoms with Crippen LogP contribution < -0.4 is 10.6 Å². The predicted molar refractivity (Wildman–Crippen MR) is 94.1 cm³/mol. The van der Waals surface area contributed by atoms with Gasteiger partial charge in [0, 0.05) is 25.5 Å². The number of piperidine rings is 1. The molecule has 1 amide bonds. The number of sulfone groups is 1. The fraction of sp³-hybridized carbons (Fsp3) is 0.438. The van der Waals surface area contributed by atoms with E-state index in [9.17, 15) is 26.4 Å². The molecule has 3 heterocycles. The monoisotopic (exact) mass is 417 g/mol. The summed E-state index contributed by atoms with van der Waals surface area (Å²) in [5, 5.41) is 3.58. The van der Waals surface area contributed by atoms with Crippen molar-refractivity contribution in [1.82, 2.24) is 14.8 Å². The van der Waals surface area contributed by atoms with Crippen LogP contribution in [0.4, 0.5) is 19.0 Å². The number of alkyl halides is 3. The zero-order valence-corrected chi connectivity index (χ0v) is 15.7. The number of halogens is 3. The molecule has 0 unspecified atom stereocenters. The molecule has 12 heteroatoms. The van der Waals surface area contributed by atoms with Gasteiger partial charge in [-0.05, 0) is 31.4 Å². The molecular weight excluding hydrogens is 399 g/mol. The topological polar surface area (TPSA) is 111 Å². The van der Waals surface area contributed by atoms with E-state index in [1.54, 1.807) is 4.90 Å². The smallest absolute Gasteiger partial charge is 0.365 e. The van der Waals surface area contributed by atoms with Gasteiger partial charge < -0.3 is 10.6 Å². The van der Waals surface area contributed by atoms with Crippen LogP contribution in [0.5, 0.6) is 0 Å². The second kappa shape index (κ2) is 7.08. The molecular formula is C16H18F3N5O3S. The maximum absolute atomic E-state index is 13.5. The van der Waals surface area contributed by atoms with Crippen LogP contribution in [-0.4, -0.2) is 48.4 Å². The number of anilines is 1. The Morgan fingerprint density at radius 3 is 2.29 bits per heavy atom. The van der Waals surface area contributed by atoms with Crippen LogP contribution in [0.15, 0.2) is 23.2 Å². The molecule has 0 atom stereocenters. The van der Waals surface area contributed by atoms with Crippen molar-refractivity contribution in [1.29, 1.82) is 0 Å². The molecule has 0 aliphatic carbocycles. The summed E-state index contributed by atoms with van der Waals surface area (Å²) in [5.74, 6) is -1.38. The third-order valence-corrected chi connectivity index (χ3v) is 5.50. The maximum atomic E-state index is 13.5. The number of rotatable bonds is 4. The summed E-state index contributed by atoms with van der Waals surface area (Å²) in [6.07, 6.45) is -0.472. The van der Waals surface area contributed by atoms with Crippen molar-refractivity contribution in [2.24, 2.45) is 5.73 Å². The molecule has 0 saturated carbocycles. The average molecular weight is 417 g/mol. The Bertz CT molecular complexity index is 994. The van der Waals surface area contributed by atoms with Crippen molar-refractivity contribution >= 4 is 21.6 Å². The van der Waals surface area contributed by atoms with Gasteiger partial charge in [0.25, 0.3) is 5.91 Å². The lowest BCUT2D eigenvalue weighted by Crippen LogP contribution is -2.33. The molecule has 0 radical (unpaired) electrons. The lowest BCUT2D eigenvalue weighted by Gasteiger charge is -2.29. The van der Waals surface area contributed by atoms with E-state index in [0.717, 1.165) is 36.4 Å². The second-order valence-corrected chi connectivity index (χ2v) is 8.51. The summed E-state index contributed by atoms with van der Waals surface area (Å²) < 4.78 is 64.6. The first-order valence-corrected chi connectivity index (χ1v) is 10.3. The van der Waals surface area contributed by atoms with E-state index >= 15 is 0 Å². The number of pyridine rings is 1. The molecule has 0 bridgehead atoms. The van der Waals surface area contributed by atoms with Crippen molar-refractivity contribution in [3.8, 4) is 5.82 Å². The lowest BCUT2D eigenvalue weighted by atomic mass is 10.1. The summed E-state index contributed by atoms with van der Waals surface area (Å²) in [6, 6.07) is 2.46. The maximum Gasteiger partial charge on any atom is 0.436 e. The fourth-order valence-corrected chi connectivity index (χ4v) is 3.67. The largest absolute Gasteiger partial charge is 0.436 e. The van der Waals surface area contributed by atoms with Crippen molar-refractivity contribution < 1.29 is 26.4 Å². The third kappa shape index (κ3) is 3.81. The van der Waals surface area contributed by atoms with Gasteiger partial charge in [-0.15, -0.1) is 0 Å². The molecule has 2 aromatic rings. The normalized spacial score (nSPS) is 15.6. The van der Waals surface area contributed by atoms with Gasteiger partial charge in [0.1, 0.15) is 11.4 Å². The quantitative estimate of drug-likeness (QED) is 0.812. The molecule has 2 aromatic heterocycles. The highest BCUT2D eigenvalue weighted by Gasteiger charge is 2.42. The van der Waals surface area contributed by atoms with Crippen LogP contribution in [0.25, 0.3) is 5.82 Å². The Morgan fingerprint density at radius 2 is 1.82 bits per heavy atom. The van der Waals surface area contributed by atoms with Gasteiger partial charge in [-0.25, -0.2) is 13.4 Å². The van der Waals surface area contributed by atoms with Gasteiger partial charge in [0.15, 0.2) is 21.3 Å². The van der Waals surface area contributed by atoms with E-state index in [2.05, 4.69) is 10.1 Å². The minimum absolute atomic E-state index is 0.0500. The van der Waals surface area contributed by atoms with Crippen molar-refractivity contribution in [2.75, 3.05) is 24.2 Å². The van der Waals surface area contributed by atoms with E-state index < -0.39 is 33.2 Å². The molecule has 2 N–H and O–H groups in total.